The highest BCUT2D eigenvalue weighted by Gasteiger charge is 2.17. The number of anilines is 1. The maximum Gasteiger partial charge on any atom is 0.335 e. The van der Waals surface area contributed by atoms with Gasteiger partial charge in [-0.3, -0.25) is 4.79 Å². The van der Waals surface area contributed by atoms with Gasteiger partial charge in [0.05, 0.1) is 5.56 Å². The molecular weight excluding hydrogens is 328 g/mol. The zero-order valence-electron chi connectivity index (χ0n) is 14.8. The Kier molecular flexibility index (Phi) is 5.89. The van der Waals surface area contributed by atoms with E-state index in [2.05, 4.69) is 5.32 Å². The fraction of sp³-hybridized carbons (Fsp3) is 0.333. The van der Waals surface area contributed by atoms with Gasteiger partial charge in [-0.2, -0.15) is 0 Å². The van der Waals surface area contributed by atoms with Crippen LogP contribution in [-0.4, -0.2) is 35.0 Å². The molecule has 2 N–H and O–H groups in total. The van der Waals surface area contributed by atoms with Crippen molar-refractivity contribution >= 4 is 17.6 Å². The fourth-order valence-corrected chi connectivity index (χ4v) is 3.18. The van der Waals surface area contributed by atoms with Crippen molar-refractivity contribution in [2.45, 2.75) is 32.2 Å². The Morgan fingerprint density at radius 3 is 2.42 bits per heavy atom. The number of aromatic carboxylic acids is 1. The average Bonchev–Trinajstić information content (AvgIpc) is 3.20. The molecule has 1 fully saturated rings. The van der Waals surface area contributed by atoms with Crippen LogP contribution in [0.4, 0.5) is 5.69 Å². The van der Waals surface area contributed by atoms with E-state index >= 15 is 0 Å². The second-order valence-electron chi connectivity index (χ2n) is 6.64. The van der Waals surface area contributed by atoms with Crippen molar-refractivity contribution in [2.24, 2.45) is 0 Å². The number of benzene rings is 2. The molecule has 136 valence electrons. The normalized spacial score (nSPS) is 13.6. The highest BCUT2D eigenvalue weighted by molar-refractivity contribution is 5.87. The molecule has 1 aliphatic heterocycles. The van der Waals surface area contributed by atoms with Crippen LogP contribution in [0.1, 0.15) is 40.7 Å². The first kappa shape index (κ1) is 18.0. The van der Waals surface area contributed by atoms with Crippen molar-refractivity contribution in [3.05, 3.63) is 65.2 Å². The summed E-state index contributed by atoms with van der Waals surface area (Å²) in [5.41, 5.74) is 3.34. The van der Waals surface area contributed by atoms with Crippen LogP contribution in [0.25, 0.3) is 0 Å². The summed E-state index contributed by atoms with van der Waals surface area (Å²) in [6, 6.07) is 15.0. The van der Waals surface area contributed by atoms with Crippen molar-refractivity contribution in [3.8, 4) is 0 Å². The molecule has 0 saturated carbocycles. The molecule has 2 aromatic rings. The Balaban J connectivity index is 1.49. The molecule has 1 aliphatic rings. The van der Waals surface area contributed by atoms with Crippen LogP contribution in [0, 0.1) is 0 Å². The molecular formula is C21H24N2O3. The highest BCUT2D eigenvalue weighted by atomic mass is 16.4. The largest absolute Gasteiger partial charge is 0.478 e. The minimum Gasteiger partial charge on any atom is -0.478 e. The number of nitrogens with one attached hydrogen (secondary N) is 1. The Morgan fingerprint density at radius 1 is 1.00 bits per heavy atom. The van der Waals surface area contributed by atoms with E-state index in [1.54, 1.807) is 18.2 Å². The lowest BCUT2D eigenvalue weighted by Crippen LogP contribution is -2.27. The summed E-state index contributed by atoms with van der Waals surface area (Å²) in [6.07, 6.45) is 3.58. The van der Waals surface area contributed by atoms with Crippen LogP contribution < -0.4 is 5.32 Å². The molecule has 2 aromatic carbocycles. The number of nitrogens with zero attached hydrogens (tertiary/aromatic N) is 1. The number of rotatable bonds is 7. The van der Waals surface area contributed by atoms with E-state index in [1.165, 1.54) is 0 Å². The smallest absolute Gasteiger partial charge is 0.335 e. The van der Waals surface area contributed by atoms with E-state index in [-0.39, 0.29) is 5.91 Å². The SMILES string of the molecule is O=C(O)c1cccc(CNc2ccc(CCC(=O)N3CCCC3)cc2)c1. The second-order valence-corrected chi connectivity index (χ2v) is 6.64. The minimum absolute atomic E-state index is 0.253. The van der Waals surface area contributed by atoms with Crippen LogP contribution in [0.5, 0.6) is 0 Å². The number of aryl methyl sites for hydroxylation is 1. The van der Waals surface area contributed by atoms with E-state index in [0.717, 1.165) is 49.2 Å². The van der Waals surface area contributed by atoms with Crippen LogP contribution in [0.15, 0.2) is 48.5 Å². The van der Waals surface area contributed by atoms with Crippen LogP contribution in [-0.2, 0) is 17.8 Å². The number of carbonyl (C=O) groups is 2. The summed E-state index contributed by atoms with van der Waals surface area (Å²) in [5, 5.41) is 12.3. The second kappa shape index (κ2) is 8.52. The van der Waals surface area contributed by atoms with Gasteiger partial charge >= 0.3 is 5.97 Å². The van der Waals surface area contributed by atoms with Gasteiger partial charge < -0.3 is 15.3 Å². The summed E-state index contributed by atoms with van der Waals surface area (Å²) in [5.74, 6) is -0.664. The highest BCUT2D eigenvalue weighted by Crippen LogP contribution is 2.15. The van der Waals surface area contributed by atoms with Gasteiger partial charge in [-0.25, -0.2) is 4.79 Å². The topological polar surface area (TPSA) is 69.6 Å². The molecule has 0 bridgehead atoms. The molecule has 26 heavy (non-hydrogen) atoms. The zero-order valence-corrected chi connectivity index (χ0v) is 14.8. The van der Waals surface area contributed by atoms with Gasteiger partial charge in [0.2, 0.25) is 5.91 Å². The van der Waals surface area contributed by atoms with Gasteiger partial charge in [-0.15, -0.1) is 0 Å². The minimum atomic E-state index is -0.917. The fourth-order valence-electron chi connectivity index (χ4n) is 3.18. The predicted molar refractivity (Wildman–Crippen MR) is 101 cm³/mol. The Labute approximate surface area is 153 Å². The van der Waals surface area contributed by atoms with E-state index < -0.39 is 5.97 Å². The van der Waals surface area contributed by atoms with Gasteiger partial charge in [0.25, 0.3) is 0 Å². The number of amides is 1. The van der Waals surface area contributed by atoms with Crippen LogP contribution >= 0.6 is 0 Å². The monoisotopic (exact) mass is 352 g/mol. The molecule has 0 aromatic heterocycles. The van der Waals surface area contributed by atoms with Crippen molar-refractivity contribution < 1.29 is 14.7 Å². The number of likely N-dealkylation sites (tertiary alicyclic amines) is 1. The molecule has 0 unspecified atom stereocenters. The number of carboxylic acid groups (broad SMARTS) is 1. The van der Waals surface area contributed by atoms with Gasteiger partial charge in [0, 0.05) is 31.7 Å². The van der Waals surface area contributed by atoms with Gasteiger partial charge in [-0.1, -0.05) is 24.3 Å². The summed E-state index contributed by atoms with van der Waals surface area (Å²) >= 11 is 0. The maximum absolute atomic E-state index is 12.1. The molecule has 0 atom stereocenters. The molecule has 0 aliphatic carbocycles. The van der Waals surface area contributed by atoms with Gasteiger partial charge in [-0.05, 0) is 54.7 Å². The van der Waals surface area contributed by atoms with E-state index in [0.29, 0.717) is 18.5 Å². The number of carboxylic acids is 1. The standard InChI is InChI=1S/C21H24N2O3/c24-20(23-12-1-2-13-23)11-8-16-6-9-19(10-7-16)22-15-17-4-3-5-18(14-17)21(25)26/h3-7,9-10,14,22H,1-2,8,11-13,15H2,(H,25,26). The molecule has 3 rings (SSSR count). The first-order valence-corrected chi connectivity index (χ1v) is 9.04. The van der Waals surface area contributed by atoms with Crippen LogP contribution in [0.2, 0.25) is 0 Å². The summed E-state index contributed by atoms with van der Waals surface area (Å²) in [7, 11) is 0. The molecule has 1 saturated heterocycles. The summed E-state index contributed by atoms with van der Waals surface area (Å²) in [6.45, 7) is 2.38. The Bertz CT molecular complexity index is 765. The van der Waals surface area contributed by atoms with Crippen molar-refractivity contribution in [1.82, 2.24) is 4.90 Å². The van der Waals surface area contributed by atoms with E-state index in [1.807, 2.05) is 35.2 Å². The molecule has 5 nitrogen and oxygen atoms in total. The molecule has 0 spiro atoms. The predicted octanol–water partition coefficient (Wildman–Crippen LogP) is 3.55. The van der Waals surface area contributed by atoms with Gasteiger partial charge in [0.15, 0.2) is 0 Å². The number of hydrogen-bond acceptors (Lipinski definition) is 3. The molecule has 5 heteroatoms. The third kappa shape index (κ3) is 4.85. The van der Waals surface area contributed by atoms with Crippen LogP contribution in [0.3, 0.4) is 0 Å². The Morgan fingerprint density at radius 2 is 1.73 bits per heavy atom. The van der Waals surface area contributed by atoms with Crippen molar-refractivity contribution in [2.75, 3.05) is 18.4 Å². The lowest BCUT2D eigenvalue weighted by molar-refractivity contribution is -0.130. The van der Waals surface area contributed by atoms with Gasteiger partial charge in [0.1, 0.15) is 0 Å². The first-order valence-electron chi connectivity index (χ1n) is 9.04. The average molecular weight is 352 g/mol. The third-order valence-electron chi connectivity index (χ3n) is 4.71. The molecule has 1 amide bonds. The van der Waals surface area contributed by atoms with Crippen molar-refractivity contribution in [1.29, 1.82) is 0 Å². The maximum atomic E-state index is 12.1. The zero-order chi connectivity index (χ0) is 18.4. The molecule has 1 heterocycles. The lowest BCUT2D eigenvalue weighted by atomic mass is 10.1. The first-order chi connectivity index (χ1) is 12.6. The summed E-state index contributed by atoms with van der Waals surface area (Å²) in [4.78, 5) is 25.1. The number of hydrogen-bond donors (Lipinski definition) is 2. The molecule has 0 radical (unpaired) electrons. The van der Waals surface area contributed by atoms with Crippen molar-refractivity contribution in [3.63, 3.8) is 0 Å². The summed E-state index contributed by atoms with van der Waals surface area (Å²) < 4.78 is 0. The number of carbonyl (C=O) groups excluding carboxylic acids is 1. The quantitative estimate of drug-likeness (QED) is 0.799. The Hall–Kier alpha value is -2.82. The van der Waals surface area contributed by atoms with E-state index in [9.17, 15) is 9.59 Å². The lowest BCUT2D eigenvalue weighted by Gasteiger charge is -2.15. The van der Waals surface area contributed by atoms with E-state index in [4.69, 9.17) is 5.11 Å². The third-order valence-corrected chi connectivity index (χ3v) is 4.71.